The van der Waals surface area contributed by atoms with Crippen LogP contribution >= 0.6 is 23.2 Å². The van der Waals surface area contributed by atoms with Crippen molar-refractivity contribution >= 4 is 41.2 Å². The van der Waals surface area contributed by atoms with E-state index in [2.05, 4.69) is 5.32 Å². The highest BCUT2D eigenvalue weighted by Crippen LogP contribution is 2.26. The van der Waals surface area contributed by atoms with Crippen LogP contribution in [-0.4, -0.2) is 48.6 Å². The third-order valence-corrected chi connectivity index (χ3v) is 5.98. The van der Waals surface area contributed by atoms with Crippen LogP contribution in [0.2, 0.25) is 10.0 Å². The number of hydrogen-bond donors (Lipinski definition) is 1. The summed E-state index contributed by atoms with van der Waals surface area (Å²) in [6.45, 7) is 0.505. The van der Waals surface area contributed by atoms with Crippen LogP contribution in [0.15, 0.2) is 48.5 Å². The van der Waals surface area contributed by atoms with Gasteiger partial charge in [-0.3, -0.25) is 9.69 Å². The summed E-state index contributed by atoms with van der Waals surface area (Å²) in [7, 11) is 1.23. The zero-order valence-corrected chi connectivity index (χ0v) is 19.1. The summed E-state index contributed by atoms with van der Waals surface area (Å²) in [6, 6.07) is 12.5. The molecule has 3 rings (SSSR count). The highest BCUT2D eigenvalue weighted by molar-refractivity contribution is 6.36. The summed E-state index contributed by atoms with van der Waals surface area (Å²) in [4.78, 5) is 39.3. The van der Waals surface area contributed by atoms with Crippen molar-refractivity contribution < 1.29 is 23.9 Å². The number of rotatable bonds is 7. The summed E-state index contributed by atoms with van der Waals surface area (Å²) in [5.74, 6) is -1.09. The summed E-state index contributed by atoms with van der Waals surface area (Å²) in [5.41, 5.74) is 1.38. The van der Waals surface area contributed by atoms with E-state index in [-0.39, 0.29) is 13.0 Å². The third kappa shape index (κ3) is 5.93. The van der Waals surface area contributed by atoms with Crippen LogP contribution in [0, 0.1) is 0 Å². The maximum atomic E-state index is 13.0. The van der Waals surface area contributed by atoms with Crippen molar-refractivity contribution in [2.24, 2.45) is 0 Å². The van der Waals surface area contributed by atoms with Crippen molar-refractivity contribution in [1.82, 2.24) is 10.2 Å². The fourth-order valence-corrected chi connectivity index (χ4v) is 4.15. The molecule has 0 spiro atoms. The highest BCUT2D eigenvalue weighted by atomic mass is 35.5. The number of hydrogen-bond acceptors (Lipinski definition) is 5. The molecular formula is C23H24Cl2N2O5. The molecule has 1 aliphatic heterocycles. The molecule has 2 amide bonds. The Labute approximate surface area is 196 Å². The number of amides is 2. The molecule has 1 fully saturated rings. The van der Waals surface area contributed by atoms with Gasteiger partial charge in [0, 0.05) is 23.0 Å². The predicted molar refractivity (Wildman–Crippen MR) is 120 cm³/mol. The zero-order valence-electron chi connectivity index (χ0n) is 17.6. The molecule has 0 aromatic heterocycles. The number of carbonyl (C=O) groups is 3. The van der Waals surface area contributed by atoms with Crippen LogP contribution < -0.4 is 5.32 Å². The van der Waals surface area contributed by atoms with E-state index in [1.807, 2.05) is 30.3 Å². The van der Waals surface area contributed by atoms with Gasteiger partial charge in [0.05, 0.1) is 7.11 Å². The maximum absolute atomic E-state index is 13.0. The van der Waals surface area contributed by atoms with Gasteiger partial charge in [-0.05, 0) is 36.1 Å². The maximum Gasteiger partial charge on any atom is 0.410 e. The van der Waals surface area contributed by atoms with E-state index in [1.54, 1.807) is 18.2 Å². The van der Waals surface area contributed by atoms with Crippen LogP contribution in [0.5, 0.6) is 0 Å². The smallest absolute Gasteiger partial charge is 0.410 e. The van der Waals surface area contributed by atoms with E-state index in [0.29, 0.717) is 35.0 Å². The van der Waals surface area contributed by atoms with Gasteiger partial charge < -0.3 is 14.8 Å². The number of halogens is 2. The van der Waals surface area contributed by atoms with Crippen molar-refractivity contribution in [3.63, 3.8) is 0 Å². The molecule has 0 unspecified atom stereocenters. The fourth-order valence-electron chi connectivity index (χ4n) is 3.59. The number of ether oxygens (including phenoxy) is 2. The van der Waals surface area contributed by atoms with Crippen LogP contribution in [0.25, 0.3) is 0 Å². The van der Waals surface area contributed by atoms with Gasteiger partial charge >= 0.3 is 12.1 Å². The molecule has 2 atom stereocenters. The standard InChI is InChI=1S/C23H24Cl2N2O5/c1-31-22(29)19(13-16-17(24)9-5-10-18(16)25)26-21(28)20-11-6-12-27(20)23(30)32-14-15-7-3-2-4-8-15/h2-5,7-10,19-20H,6,11-14H2,1H3,(H,26,28)/t19-,20-/m1/s1. The summed E-state index contributed by atoms with van der Waals surface area (Å²) >= 11 is 12.4. The van der Waals surface area contributed by atoms with Gasteiger partial charge in [-0.15, -0.1) is 0 Å². The Morgan fingerprint density at radius 3 is 2.44 bits per heavy atom. The Morgan fingerprint density at radius 1 is 1.09 bits per heavy atom. The molecule has 0 radical (unpaired) electrons. The van der Waals surface area contributed by atoms with Gasteiger partial charge in [-0.25, -0.2) is 9.59 Å². The molecule has 170 valence electrons. The first-order valence-corrected chi connectivity index (χ1v) is 10.9. The Kier molecular flexibility index (Phi) is 8.36. The highest BCUT2D eigenvalue weighted by Gasteiger charge is 2.37. The van der Waals surface area contributed by atoms with Crippen molar-refractivity contribution in [2.45, 2.75) is 38.0 Å². The lowest BCUT2D eigenvalue weighted by atomic mass is 10.0. The minimum absolute atomic E-state index is 0.0576. The summed E-state index contributed by atoms with van der Waals surface area (Å²) in [6.07, 6.45) is 0.600. The van der Waals surface area contributed by atoms with Gasteiger partial charge in [0.25, 0.3) is 0 Å². The van der Waals surface area contributed by atoms with E-state index in [4.69, 9.17) is 32.7 Å². The number of methoxy groups -OCH3 is 1. The Balaban J connectivity index is 1.66. The lowest BCUT2D eigenvalue weighted by Gasteiger charge is -2.25. The molecule has 0 saturated carbocycles. The molecule has 2 aromatic carbocycles. The van der Waals surface area contributed by atoms with Crippen molar-refractivity contribution in [1.29, 1.82) is 0 Å². The minimum Gasteiger partial charge on any atom is -0.467 e. The molecule has 0 bridgehead atoms. The average Bonchev–Trinajstić information content (AvgIpc) is 3.29. The zero-order chi connectivity index (χ0) is 23.1. The van der Waals surface area contributed by atoms with E-state index in [0.717, 1.165) is 5.56 Å². The molecule has 1 saturated heterocycles. The third-order valence-electron chi connectivity index (χ3n) is 5.27. The van der Waals surface area contributed by atoms with E-state index >= 15 is 0 Å². The first kappa shape index (κ1) is 23.9. The first-order chi connectivity index (χ1) is 15.4. The van der Waals surface area contributed by atoms with E-state index in [9.17, 15) is 14.4 Å². The Morgan fingerprint density at radius 2 is 1.78 bits per heavy atom. The number of nitrogens with one attached hydrogen (secondary N) is 1. The number of nitrogens with zero attached hydrogens (tertiary/aromatic N) is 1. The summed E-state index contributed by atoms with van der Waals surface area (Å²) < 4.78 is 10.2. The van der Waals surface area contributed by atoms with E-state index < -0.39 is 30.1 Å². The second-order valence-electron chi connectivity index (χ2n) is 7.38. The lowest BCUT2D eigenvalue weighted by Crippen LogP contribution is -2.51. The van der Waals surface area contributed by atoms with E-state index in [1.165, 1.54) is 12.0 Å². The number of likely N-dealkylation sites (tertiary alicyclic amines) is 1. The molecular weight excluding hydrogens is 455 g/mol. The van der Waals surface area contributed by atoms with Crippen molar-refractivity contribution in [3.05, 3.63) is 69.7 Å². The number of esters is 1. The normalized spacial score (nSPS) is 16.3. The number of carbonyl (C=O) groups excluding carboxylic acids is 3. The van der Waals surface area contributed by atoms with Crippen molar-refractivity contribution in [2.75, 3.05) is 13.7 Å². The summed E-state index contributed by atoms with van der Waals surface area (Å²) in [5, 5.41) is 3.46. The molecule has 1 heterocycles. The monoisotopic (exact) mass is 478 g/mol. The Bertz CT molecular complexity index is 950. The quantitative estimate of drug-likeness (QED) is 0.607. The molecule has 9 heteroatoms. The SMILES string of the molecule is COC(=O)[C@@H](Cc1c(Cl)cccc1Cl)NC(=O)[C@H]1CCCN1C(=O)OCc1ccccc1. The molecule has 1 N–H and O–H groups in total. The first-order valence-electron chi connectivity index (χ1n) is 10.2. The molecule has 0 aliphatic carbocycles. The van der Waals surface area contributed by atoms with Gasteiger partial charge in [0.15, 0.2) is 0 Å². The Hall–Kier alpha value is -2.77. The van der Waals surface area contributed by atoms with Crippen molar-refractivity contribution in [3.8, 4) is 0 Å². The van der Waals surface area contributed by atoms with Gasteiger partial charge in [-0.2, -0.15) is 0 Å². The topological polar surface area (TPSA) is 84.9 Å². The largest absolute Gasteiger partial charge is 0.467 e. The number of benzene rings is 2. The van der Waals surface area contributed by atoms with Gasteiger partial charge in [-0.1, -0.05) is 59.6 Å². The van der Waals surface area contributed by atoms with Crippen LogP contribution in [0.3, 0.4) is 0 Å². The molecule has 2 aromatic rings. The van der Waals surface area contributed by atoms with Crippen LogP contribution in [-0.2, 0) is 32.1 Å². The second-order valence-corrected chi connectivity index (χ2v) is 8.19. The second kappa shape index (κ2) is 11.2. The fraction of sp³-hybridized carbons (Fsp3) is 0.348. The van der Waals surface area contributed by atoms with Crippen LogP contribution in [0.4, 0.5) is 4.79 Å². The van der Waals surface area contributed by atoms with Crippen LogP contribution in [0.1, 0.15) is 24.0 Å². The van der Waals surface area contributed by atoms with Gasteiger partial charge in [0.2, 0.25) is 5.91 Å². The molecule has 1 aliphatic rings. The molecule has 7 nitrogen and oxygen atoms in total. The minimum atomic E-state index is -1.01. The van der Waals surface area contributed by atoms with Gasteiger partial charge in [0.1, 0.15) is 18.7 Å². The lowest BCUT2D eigenvalue weighted by molar-refractivity contribution is -0.145. The molecule has 32 heavy (non-hydrogen) atoms. The predicted octanol–water partition coefficient (Wildman–Crippen LogP) is 3.99. The average molecular weight is 479 g/mol.